The number of aromatic nitrogens is 3. The van der Waals surface area contributed by atoms with Crippen molar-refractivity contribution in [2.45, 2.75) is 0 Å². The molecule has 7 nitrogen and oxygen atoms in total. The highest BCUT2D eigenvalue weighted by atomic mass is 19.1. The first-order valence-electron chi connectivity index (χ1n) is 8.66. The monoisotopic (exact) mass is 367 g/mol. The van der Waals surface area contributed by atoms with Gasteiger partial charge in [0.2, 0.25) is 0 Å². The van der Waals surface area contributed by atoms with Gasteiger partial charge in [-0.25, -0.2) is 14.4 Å². The van der Waals surface area contributed by atoms with Crippen LogP contribution in [0.4, 0.5) is 10.2 Å². The lowest BCUT2D eigenvalue weighted by molar-refractivity contribution is 0.0746. The van der Waals surface area contributed by atoms with Crippen molar-refractivity contribution >= 4 is 22.9 Å². The van der Waals surface area contributed by atoms with Crippen LogP contribution in [-0.2, 0) is 7.05 Å². The number of pyridine rings is 1. The fourth-order valence-corrected chi connectivity index (χ4v) is 3.27. The third kappa shape index (κ3) is 3.14. The molecule has 0 N–H and O–H groups in total. The molecule has 3 heterocycles. The molecule has 27 heavy (non-hydrogen) atoms. The summed E-state index contributed by atoms with van der Waals surface area (Å²) in [5, 5.41) is 0. The number of halogens is 1. The molecule has 138 valence electrons. The van der Waals surface area contributed by atoms with Crippen LogP contribution in [0.15, 0.2) is 47.4 Å². The molecular weight excluding hydrogens is 349 g/mol. The lowest BCUT2D eigenvalue weighted by Gasteiger charge is -2.35. The van der Waals surface area contributed by atoms with E-state index in [2.05, 4.69) is 9.97 Å². The van der Waals surface area contributed by atoms with Crippen molar-refractivity contribution in [1.29, 1.82) is 0 Å². The van der Waals surface area contributed by atoms with E-state index in [1.165, 1.54) is 22.8 Å². The molecule has 0 unspecified atom stereocenters. The molecule has 4 rings (SSSR count). The number of rotatable bonds is 2. The Bertz CT molecular complexity index is 1070. The number of nitrogens with zero attached hydrogens (tertiary/aromatic N) is 5. The number of anilines is 1. The largest absolute Gasteiger partial charge is 0.348 e. The smallest absolute Gasteiger partial charge is 0.294 e. The number of carbonyl (C=O) groups is 1. The molecule has 0 aliphatic carbocycles. The van der Waals surface area contributed by atoms with Gasteiger partial charge in [-0.05, 0) is 30.3 Å². The van der Waals surface area contributed by atoms with E-state index in [1.807, 2.05) is 11.0 Å². The first-order chi connectivity index (χ1) is 13.0. The molecule has 0 spiro atoms. The molecule has 8 heteroatoms. The minimum absolute atomic E-state index is 0.210. The third-order valence-electron chi connectivity index (χ3n) is 4.74. The fourth-order valence-electron chi connectivity index (χ4n) is 3.27. The average Bonchev–Trinajstić information content (AvgIpc) is 2.70. The maximum Gasteiger partial charge on any atom is 0.294 e. The number of amides is 1. The van der Waals surface area contributed by atoms with Gasteiger partial charge in [-0.1, -0.05) is 6.07 Å². The Kier molecular flexibility index (Phi) is 4.31. The van der Waals surface area contributed by atoms with Gasteiger partial charge >= 0.3 is 0 Å². The van der Waals surface area contributed by atoms with Gasteiger partial charge in [-0.3, -0.25) is 14.2 Å². The van der Waals surface area contributed by atoms with Gasteiger partial charge in [-0.2, -0.15) is 0 Å². The van der Waals surface area contributed by atoms with Crippen molar-refractivity contribution in [1.82, 2.24) is 19.4 Å². The molecule has 1 fully saturated rings. The predicted molar refractivity (Wildman–Crippen MR) is 99.3 cm³/mol. The lowest BCUT2D eigenvalue weighted by Crippen LogP contribution is -2.50. The number of aryl methyl sites for hydroxylation is 1. The van der Waals surface area contributed by atoms with Gasteiger partial charge in [0.05, 0.1) is 0 Å². The Hall–Kier alpha value is -3.29. The second kappa shape index (κ2) is 6.79. The Balaban J connectivity index is 1.54. The fraction of sp³-hybridized carbons (Fsp3) is 0.263. The molecular formula is C19H18FN5O2. The van der Waals surface area contributed by atoms with E-state index in [4.69, 9.17) is 0 Å². The molecule has 0 atom stereocenters. The summed E-state index contributed by atoms with van der Waals surface area (Å²) in [5.74, 6) is -0.287. The van der Waals surface area contributed by atoms with Crippen LogP contribution in [0.2, 0.25) is 0 Å². The second-order valence-corrected chi connectivity index (χ2v) is 6.44. The summed E-state index contributed by atoms with van der Waals surface area (Å²) in [7, 11) is 1.67. The first-order valence-corrected chi connectivity index (χ1v) is 8.66. The molecule has 2 aromatic heterocycles. The summed E-state index contributed by atoms with van der Waals surface area (Å²) in [5.41, 5.74) is 1.29. The number of hydrogen-bond acceptors (Lipinski definition) is 5. The highest BCUT2D eigenvalue weighted by Gasteiger charge is 2.25. The topological polar surface area (TPSA) is 71.3 Å². The van der Waals surface area contributed by atoms with Crippen molar-refractivity contribution in [2.75, 3.05) is 31.1 Å². The molecule has 1 amide bonds. The van der Waals surface area contributed by atoms with Crippen LogP contribution in [0, 0.1) is 5.82 Å². The number of benzene rings is 1. The first kappa shape index (κ1) is 17.1. The van der Waals surface area contributed by atoms with Gasteiger partial charge < -0.3 is 9.80 Å². The summed E-state index contributed by atoms with van der Waals surface area (Å²) in [4.78, 5) is 37.4. The maximum absolute atomic E-state index is 13.4. The van der Waals surface area contributed by atoms with Crippen LogP contribution in [-0.4, -0.2) is 51.5 Å². The zero-order chi connectivity index (χ0) is 19.0. The Morgan fingerprint density at radius 3 is 2.63 bits per heavy atom. The molecule has 1 aliphatic rings. The molecule has 0 radical (unpaired) electrons. The highest BCUT2D eigenvalue weighted by Crippen LogP contribution is 2.15. The minimum Gasteiger partial charge on any atom is -0.348 e. The van der Waals surface area contributed by atoms with Gasteiger partial charge in [0, 0.05) is 45.0 Å². The molecule has 1 aliphatic heterocycles. The lowest BCUT2D eigenvalue weighted by atomic mass is 10.1. The highest BCUT2D eigenvalue weighted by molar-refractivity contribution is 5.94. The number of hydrogen-bond donors (Lipinski definition) is 0. The van der Waals surface area contributed by atoms with Crippen molar-refractivity contribution < 1.29 is 9.18 Å². The normalized spacial score (nSPS) is 14.6. The minimum atomic E-state index is -0.433. The van der Waals surface area contributed by atoms with Gasteiger partial charge in [-0.15, -0.1) is 0 Å². The zero-order valence-electron chi connectivity index (χ0n) is 14.8. The van der Waals surface area contributed by atoms with Gasteiger partial charge in [0.25, 0.3) is 11.5 Å². The van der Waals surface area contributed by atoms with Crippen LogP contribution < -0.4 is 10.5 Å². The Morgan fingerprint density at radius 1 is 1.11 bits per heavy atom. The number of piperazine rings is 1. The summed E-state index contributed by atoms with van der Waals surface area (Å²) < 4.78 is 14.8. The van der Waals surface area contributed by atoms with Gasteiger partial charge in [0.15, 0.2) is 11.5 Å². The van der Waals surface area contributed by atoms with Gasteiger partial charge in [0.1, 0.15) is 11.3 Å². The molecule has 1 saturated heterocycles. The number of carbonyl (C=O) groups excluding carboxylic acids is 1. The molecule has 1 aromatic carbocycles. The van der Waals surface area contributed by atoms with E-state index in [0.29, 0.717) is 48.7 Å². The van der Waals surface area contributed by atoms with Crippen molar-refractivity contribution in [3.05, 3.63) is 64.3 Å². The predicted octanol–water partition coefficient (Wildman–Crippen LogP) is 1.43. The van der Waals surface area contributed by atoms with Crippen LogP contribution in [0.1, 0.15) is 10.4 Å². The van der Waals surface area contributed by atoms with Crippen molar-refractivity contribution in [2.24, 2.45) is 7.05 Å². The van der Waals surface area contributed by atoms with E-state index in [-0.39, 0.29) is 11.5 Å². The van der Waals surface area contributed by atoms with E-state index < -0.39 is 5.82 Å². The Labute approximate surface area is 154 Å². The van der Waals surface area contributed by atoms with Crippen LogP contribution in [0.25, 0.3) is 11.2 Å². The number of fused-ring (bicyclic) bond motifs is 1. The zero-order valence-corrected chi connectivity index (χ0v) is 14.8. The molecule has 0 bridgehead atoms. The quantitative estimate of drug-likeness (QED) is 0.685. The van der Waals surface area contributed by atoms with E-state index >= 15 is 0 Å². The molecule has 0 saturated carbocycles. The summed E-state index contributed by atoms with van der Waals surface area (Å²) in [6, 6.07) is 9.27. The van der Waals surface area contributed by atoms with E-state index in [9.17, 15) is 14.0 Å². The average molecular weight is 367 g/mol. The van der Waals surface area contributed by atoms with E-state index in [0.717, 1.165) is 0 Å². The second-order valence-electron chi connectivity index (χ2n) is 6.44. The molecule has 3 aromatic rings. The Morgan fingerprint density at radius 2 is 1.89 bits per heavy atom. The van der Waals surface area contributed by atoms with Crippen LogP contribution in [0.5, 0.6) is 0 Å². The van der Waals surface area contributed by atoms with Crippen LogP contribution >= 0.6 is 0 Å². The maximum atomic E-state index is 13.4. The summed E-state index contributed by atoms with van der Waals surface area (Å²) in [6.45, 7) is 1.83. The summed E-state index contributed by atoms with van der Waals surface area (Å²) in [6.07, 6.45) is 1.62. The third-order valence-corrected chi connectivity index (χ3v) is 4.74. The summed E-state index contributed by atoms with van der Waals surface area (Å²) >= 11 is 0. The van der Waals surface area contributed by atoms with Crippen LogP contribution in [0.3, 0.4) is 0 Å². The van der Waals surface area contributed by atoms with Crippen molar-refractivity contribution in [3.8, 4) is 0 Å². The van der Waals surface area contributed by atoms with E-state index in [1.54, 1.807) is 30.3 Å². The standard InChI is InChI=1S/C19H18FN5O2/c1-23-16-15(6-3-7-21-16)22-17(19(23)27)24-8-10-25(11-9-24)18(26)13-4-2-5-14(20)12-13/h2-7,12H,8-11H2,1H3. The SMILES string of the molecule is Cn1c(=O)c(N2CCN(C(=O)c3cccc(F)c3)CC2)nc2cccnc21. The van der Waals surface area contributed by atoms with Crippen molar-refractivity contribution in [3.63, 3.8) is 0 Å².